The van der Waals surface area contributed by atoms with E-state index in [1.54, 1.807) is 0 Å². The van der Waals surface area contributed by atoms with Crippen molar-refractivity contribution in [2.75, 3.05) is 6.54 Å². The Morgan fingerprint density at radius 3 is 2.88 bits per heavy atom. The Kier molecular flexibility index (Phi) is 4.15. The Labute approximate surface area is 102 Å². The third-order valence-electron chi connectivity index (χ3n) is 3.05. The Morgan fingerprint density at radius 2 is 2.06 bits per heavy atom. The first kappa shape index (κ1) is 12.1. The van der Waals surface area contributed by atoms with E-state index in [4.69, 9.17) is 4.74 Å². The zero-order chi connectivity index (χ0) is 12.1. The molecule has 0 saturated carbocycles. The molecule has 0 amide bonds. The number of unbranched alkanes of at least 4 members (excludes halogenated alkanes) is 3. The number of carbonyl (C=O) groups excluding carboxylic acids is 1. The summed E-state index contributed by atoms with van der Waals surface area (Å²) in [6.45, 7) is 3.09. The molecule has 1 aliphatic rings. The van der Waals surface area contributed by atoms with Gasteiger partial charge >= 0.3 is 5.97 Å². The van der Waals surface area contributed by atoms with Crippen LogP contribution in [0.4, 0.5) is 0 Å². The molecule has 0 saturated heterocycles. The number of ether oxygens (including phenoxy) is 1. The van der Waals surface area contributed by atoms with Crippen molar-refractivity contribution in [3.05, 3.63) is 35.4 Å². The van der Waals surface area contributed by atoms with Gasteiger partial charge in [0.1, 0.15) is 0 Å². The molecule has 17 heavy (non-hydrogen) atoms. The summed E-state index contributed by atoms with van der Waals surface area (Å²) in [6, 6.07) is 7.57. The second-order valence-electron chi connectivity index (χ2n) is 4.39. The topological polar surface area (TPSA) is 38.3 Å². The molecule has 1 aromatic rings. The van der Waals surface area contributed by atoms with E-state index in [1.165, 1.54) is 19.3 Å². The molecule has 1 heterocycles. The van der Waals surface area contributed by atoms with Gasteiger partial charge in [0, 0.05) is 5.56 Å². The molecule has 3 nitrogen and oxygen atoms in total. The molecule has 2 rings (SSSR count). The third kappa shape index (κ3) is 2.86. The van der Waals surface area contributed by atoms with Crippen molar-refractivity contribution in [2.24, 2.45) is 0 Å². The summed E-state index contributed by atoms with van der Waals surface area (Å²) in [5, 5.41) is 3.28. The predicted molar refractivity (Wildman–Crippen MR) is 66.7 cm³/mol. The van der Waals surface area contributed by atoms with Crippen LogP contribution < -0.4 is 5.32 Å². The second-order valence-corrected chi connectivity index (χ2v) is 4.39. The summed E-state index contributed by atoms with van der Waals surface area (Å²) in [5.74, 6) is -0.216. The van der Waals surface area contributed by atoms with Crippen LogP contribution in [0.25, 0.3) is 0 Å². The first-order valence-electron chi connectivity index (χ1n) is 6.36. The smallest absolute Gasteiger partial charge is 0.340 e. The van der Waals surface area contributed by atoms with Crippen LogP contribution in [0.1, 0.15) is 54.8 Å². The van der Waals surface area contributed by atoms with Gasteiger partial charge in [0.05, 0.1) is 5.56 Å². The van der Waals surface area contributed by atoms with Crippen LogP contribution >= 0.6 is 0 Å². The van der Waals surface area contributed by atoms with Crippen molar-refractivity contribution in [2.45, 2.75) is 38.8 Å². The highest BCUT2D eigenvalue weighted by atomic mass is 16.6. The minimum Gasteiger partial charge on any atom is -0.439 e. The van der Waals surface area contributed by atoms with Crippen molar-refractivity contribution in [3.8, 4) is 0 Å². The summed E-state index contributed by atoms with van der Waals surface area (Å²) >= 11 is 0. The zero-order valence-corrected chi connectivity index (χ0v) is 10.2. The fraction of sp³-hybridized carbons (Fsp3) is 0.500. The van der Waals surface area contributed by atoms with Crippen LogP contribution in [0.15, 0.2) is 24.3 Å². The molecule has 0 spiro atoms. The highest BCUT2D eigenvalue weighted by Gasteiger charge is 2.29. The van der Waals surface area contributed by atoms with Crippen LogP contribution in [0.5, 0.6) is 0 Å². The number of hydrogen-bond donors (Lipinski definition) is 1. The summed E-state index contributed by atoms with van der Waals surface area (Å²) in [5.41, 5.74) is 1.66. The minimum absolute atomic E-state index is 0.216. The summed E-state index contributed by atoms with van der Waals surface area (Å²) in [6.07, 6.45) is 4.61. The normalized spacial score (nSPS) is 17.9. The van der Waals surface area contributed by atoms with Gasteiger partial charge in [0.2, 0.25) is 0 Å². The molecule has 92 valence electrons. The summed E-state index contributed by atoms with van der Waals surface area (Å²) in [7, 11) is 0. The van der Waals surface area contributed by atoms with Crippen molar-refractivity contribution in [1.82, 2.24) is 5.32 Å². The van der Waals surface area contributed by atoms with Crippen LogP contribution in [0.2, 0.25) is 0 Å². The van der Waals surface area contributed by atoms with Gasteiger partial charge in [-0.1, -0.05) is 44.4 Å². The molecule has 0 aliphatic carbocycles. The number of hydrogen-bond acceptors (Lipinski definition) is 3. The average Bonchev–Trinajstić information content (AvgIpc) is 2.67. The maximum absolute atomic E-state index is 11.5. The van der Waals surface area contributed by atoms with Crippen molar-refractivity contribution >= 4 is 5.97 Å². The Morgan fingerprint density at radius 1 is 1.24 bits per heavy atom. The van der Waals surface area contributed by atoms with Gasteiger partial charge in [-0.15, -0.1) is 0 Å². The fourth-order valence-electron chi connectivity index (χ4n) is 2.08. The molecule has 0 radical (unpaired) electrons. The fourth-order valence-corrected chi connectivity index (χ4v) is 2.08. The SMILES string of the molecule is CCCCCCNC1OC(=O)c2ccccc21. The van der Waals surface area contributed by atoms with Gasteiger partial charge in [-0.25, -0.2) is 4.79 Å². The predicted octanol–water partition coefficient (Wildman–Crippen LogP) is 3.03. The van der Waals surface area contributed by atoms with Gasteiger partial charge in [-0.3, -0.25) is 5.32 Å². The monoisotopic (exact) mass is 233 g/mol. The lowest BCUT2D eigenvalue weighted by atomic mass is 10.1. The van der Waals surface area contributed by atoms with Crippen LogP contribution in [-0.4, -0.2) is 12.5 Å². The number of benzene rings is 1. The van der Waals surface area contributed by atoms with E-state index in [0.717, 1.165) is 18.5 Å². The number of carbonyl (C=O) groups is 1. The zero-order valence-electron chi connectivity index (χ0n) is 10.2. The lowest BCUT2D eigenvalue weighted by Gasteiger charge is -2.12. The number of esters is 1. The molecule has 1 aliphatic heterocycles. The Bertz CT molecular complexity index is 390. The molecule has 0 aromatic heterocycles. The van der Waals surface area contributed by atoms with Crippen LogP contribution in [0, 0.1) is 0 Å². The van der Waals surface area contributed by atoms with Crippen molar-refractivity contribution < 1.29 is 9.53 Å². The van der Waals surface area contributed by atoms with E-state index < -0.39 is 0 Å². The minimum atomic E-state index is -0.250. The van der Waals surface area contributed by atoms with Gasteiger partial charge in [0.15, 0.2) is 6.23 Å². The van der Waals surface area contributed by atoms with Gasteiger partial charge < -0.3 is 4.74 Å². The Balaban J connectivity index is 1.85. The van der Waals surface area contributed by atoms with Crippen LogP contribution in [0.3, 0.4) is 0 Å². The highest BCUT2D eigenvalue weighted by Crippen LogP contribution is 2.27. The summed E-state index contributed by atoms with van der Waals surface area (Å²) < 4.78 is 5.29. The first-order valence-corrected chi connectivity index (χ1v) is 6.36. The maximum atomic E-state index is 11.5. The Hall–Kier alpha value is -1.35. The van der Waals surface area contributed by atoms with Gasteiger partial charge in [-0.05, 0) is 19.0 Å². The quantitative estimate of drug-likeness (QED) is 0.606. The number of rotatable bonds is 6. The van der Waals surface area contributed by atoms with E-state index in [2.05, 4.69) is 12.2 Å². The average molecular weight is 233 g/mol. The summed E-state index contributed by atoms with van der Waals surface area (Å²) in [4.78, 5) is 11.5. The molecular weight excluding hydrogens is 214 g/mol. The molecular formula is C14H19NO2. The number of fused-ring (bicyclic) bond motifs is 1. The van der Waals surface area contributed by atoms with Gasteiger partial charge in [-0.2, -0.15) is 0 Å². The third-order valence-corrected chi connectivity index (χ3v) is 3.05. The van der Waals surface area contributed by atoms with E-state index in [0.29, 0.717) is 5.56 Å². The molecule has 1 atom stereocenters. The largest absolute Gasteiger partial charge is 0.439 e. The standard InChI is InChI=1S/C14H19NO2/c1-2-3-4-7-10-15-13-11-8-5-6-9-12(11)14(16)17-13/h5-6,8-9,13,15H,2-4,7,10H2,1H3. The molecule has 1 N–H and O–H groups in total. The molecule has 1 unspecified atom stereocenters. The van der Waals surface area contributed by atoms with Crippen LogP contribution in [-0.2, 0) is 4.74 Å². The second kappa shape index (κ2) is 5.82. The molecule has 3 heteroatoms. The maximum Gasteiger partial charge on any atom is 0.340 e. The molecule has 0 bridgehead atoms. The van der Waals surface area contributed by atoms with Crippen molar-refractivity contribution in [1.29, 1.82) is 0 Å². The molecule has 1 aromatic carbocycles. The lowest BCUT2D eigenvalue weighted by molar-refractivity contribution is 0.0308. The van der Waals surface area contributed by atoms with E-state index >= 15 is 0 Å². The van der Waals surface area contributed by atoms with E-state index in [1.807, 2.05) is 24.3 Å². The highest BCUT2D eigenvalue weighted by molar-refractivity contribution is 5.93. The number of nitrogens with one attached hydrogen (secondary N) is 1. The first-order chi connectivity index (χ1) is 8.33. The van der Waals surface area contributed by atoms with E-state index in [-0.39, 0.29) is 12.2 Å². The van der Waals surface area contributed by atoms with E-state index in [9.17, 15) is 4.79 Å². The lowest BCUT2D eigenvalue weighted by Crippen LogP contribution is -2.22. The molecule has 0 fully saturated rings. The number of cyclic esters (lactones) is 1. The van der Waals surface area contributed by atoms with Gasteiger partial charge in [0.25, 0.3) is 0 Å². The van der Waals surface area contributed by atoms with Crippen molar-refractivity contribution in [3.63, 3.8) is 0 Å².